The quantitative estimate of drug-likeness (QED) is 0.656. The van der Waals surface area contributed by atoms with Crippen LogP contribution in [-0.2, 0) is 11.2 Å². The van der Waals surface area contributed by atoms with Gasteiger partial charge in [-0.25, -0.2) is 4.98 Å². The second kappa shape index (κ2) is 8.31. The van der Waals surface area contributed by atoms with E-state index in [-0.39, 0.29) is 23.3 Å². The molecular weight excluding hydrogens is 404 g/mol. The molecule has 1 aromatic carbocycles. The number of fused-ring (bicyclic) bond motifs is 1. The number of nitrogens with zero attached hydrogens (tertiary/aromatic N) is 5. The first-order valence-corrected chi connectivity index (χ1v) is 11.7. The Morgan fingerprint density at radius 3 is 2.75 bits per heavy atom. The molecule has 0 aliphatic carbocycles. The number of hydrogen-bond acceptors (Lipinski definition) is 6. The van der Waals surface area contributed by atoms with Crippen LogP contribution in [0.15, 0.2) is 28.8 Å². The molecule has 1 N–H and O–H groups in total. The molecule has 1 amide bonds. The molecule has 1 unspecified atom stereocenters. The van der Waals surface area contributed by atoms with E-state index in [0.29, 0.717) is 18.7 Å². The lowest BCUT2D eigenvalue weighted by Gasteiger charge is -2.39. The van der Waals surface area contributed by atoms with Crippen LogP contribution in [0.2, 0.25) is 0 Å². The molecule has 1 spiro atoms. The Labute approximate surface area is 188 Å². The van der Waals surface area contributed by atoms with Gasteiger partial charge in [0.25, 0.3) is 0 Å². The number of hydrogen-bond donors (Lipinski definition) is 1. The van der Waals surface area contributed by atoms with E-state index in [0.717, 1.165) is 61.6 Å². The summed E-state index contributed by atoms with van der Waals surface area (Å²) in [5.41, 5.74) is 2.21. The van der Waals surface area contributed by atoms with Gasteiger partial charge in [0.2, 0.25) is 11.8 Å². The predicted molar refractivity (Wildman–Crippen MR) is 121 cm³/mol. The highest BCUT2D eigenvalue weighted by molar-refractivity contribution is 5.77. The maximum Gasteiger partial charge on any atom is 0.229 e. The Hall–Kier alpha value is -2.74. The summed E-state index contributed by atoms with van der Waals surface area (Å²) in [5.74, 6) is 2.86. The lowest BCUT2D eigenvalue weighted by atomic mass is 9.76. The second-order valence-corrected chi connectivity index (χ2v) is 9.86. The average Bonchev–Trinajstić information content (AvgIpc) is 3.49. The molecule has 3 aromatic rings. The summed E-state index contributed by atoms with van der Waals surface area (Å²) in [6, 6.07) is 8.18. The van der Waals surface area contributed by atoms with E-state index >= 15 is 0 Å². The number of aryl methyl sites for hydroxylation is 1. The summed E-state index contributed by atoms with van der Waals surface area (Å²) in [6.07, 6.45) is 4.23. The summed E-state index contributed by atoms with van der Waals surface area (Å²) in [5, 5.41) is 4.26. The minimum atomic E-state index is 0.196. The van der Waals surface area contributed by atoms with Gasteiger partial charge in [-0.15, -0.1) is 0 Å². The van der Waals surface area contributed by atoms with Crippen molar-refractivity contribution in [2.24, 2.45) is 5.41 Å². The zero-order valence-electron chi connectivity index (χ0n) is 19.2. The van der Waals surface area contributed by atoms with E-state index in [1.54, 1.807) is 0 Å². The molecule has 5 rings (SSSR count). The van der Waals surface area contributed by atoms with E-state index in [1.165, 1.54) is 0 Å². The maximum absolute atomic E-state index is 12.8. The highest BCUT2D eigenvalue weighted by Gasteiger charge is 2.46. The summed E-state index contributed by atoms with van der Waals surface area (Å²) in [6.45, 7) is 6.80. The summed E-state index contributed by atoms with van der Waals surface area (Å²) < 4.78 is 5.45. The first-order valence-electron chi connectivity index (χ1n) is 11.7. The number of para-hydroxylation sites is 2. The maximum atomic E-state index is 12.8. The molecule has 2 fully saturated rings. The molecule has 0 bridgehead atoms. The fourth-order valence-electron chi connectivity index (χ4n) is 5.28. The van der Waals surface area contributed by atoms with Gasteiger partial charge in [0.05, 0.1) is 17.1 Å². The topological polar surface area (TPSA) is 91.2 Å². The van der Waals surface area contributed by atoms with Gasteiger partial charge in [0.1, 0.15) is 5.82 Å². The molecule has 8 heteroatoms. The third-order valence-corrected chi connectivity index (χ3v) is 7.18. The van der Waals surface area contributed by atoms with E-state index in [1.807, 2.05) is 29.2 Å². The highest BCUT2D eigenvalue weighted by atomic mass is 16.5. The van der Waals surface area contributed by atoms with Crippen LogP contribution < -0.4 is 0 Å². The Kier molecular flexibility index (Phi) is 5.49. The fourth-order valence-corrected chi connectivity index (χ4v) is 5.28. The highest BCUT2D eigenvalue weighted by Crippen LogP contribution is 2.47. The van der Waals surface area contributed by atoms with Crippen molar-refractivity contribution in [3.05, 3.63) is 41.8 Å². The number of imidazole rings is 1. The molecule has 0 saturated carbocycles. The van der Waals surface area contributed by atoms with Gasteiger partial charge in [-0.05, 0) is 43.9 Å². The molecule has 2 aliphatic heterocycles. The zero-order valence-corrected chi connectivity index (χ0v) is 19.2. The Morgan fingerprint density at radius 2 is 2.03 bits per heavy atom. The average molecular weight is 437 g/mol. The van der Waals surface area contributed by atoms with Crippen molar-refractivity contribution in [1.29, 1.82) is 0 Å². The zero-order chi connectivity index (χ0) is 22.3. The largest absolute Gasteiger partial charge is 0.343 e. The fraction of sp³-hybridized carbons (Fsp3) is 0.583. The standard InChI is InChI=1S/C24H32N6O2/c1-16(2)23-27-22(28-32-23)19-14-24(15-29(19)3)10-12-30(13-11-24)21(31)9-8-20-25-17-6-4-5-7-18(17)26-20/h4-7,16,19H,8-15H2,1-3H3,(H,25,26). The van der Waals surface area contributed by atoms with Crippen molar-refractivity contribution in [3.63, 3.8) is 0 Å². The number of amides is 1. The molecule has 1 atom stereocenters. The van der Waals surface area contributed by atoms with Gasteiger partial charge in [0, 0.05) is 38.4 Å². The minimum Gasteiger partial charge on any atom is -0.343 e. The van der Waals surface area contributed by atoms with Crippen LogP contribution in [0.3, 0.4) is 0 Å². The summed E-state index contributed by atoms with van der Waals surface area (Å²) in [7, 11) is 2.15. The van der Waals surface area contributed by atoms with Crippen LogP contribution in [0.5, 0.6) is 0 Å². The van der Waals surface area contributed by atoms with Gasteiger partial charge in [-0.3, -0.25) is 9.69 Å². The van der Waals surface area contributed by atoms with Crippen molar-refractivity contribution in [3.8, 4) is 0 Å². The number of piperidine rings is 1. The van der Waals surface area contributed by atoms with Gasteiger partial charge >= 0.3 is 0 Å². The van der Waals surface area contributed by atoms with Crippen molar-refractivity contribution in [2.75, 3.05) is 26.7 Å². The Balaban J connectivity index is 1.16. The van der Waals surface area contributed by atoms with E-state index < -0.39 is 0 Å². The van der Waals surface area contributed by atoms with E-state index in [4.69, 9.17) is 4.52 Å². The van der Waals surface area contributed by atoms with Crippen LogP contribution >= 0.6 is 0 Å². The van der Waals surface area contributed by atoms with Crippen LogP contribution in [-0.4, -0.2) is 62.5 Å². The van der Waals surface area contributed by atoms with Crippen molar-refractivity contribution >= 4 is 16.9 Å². The number of H-pyrrole nitrogens is 1. The van der Waals surface area contributed by atoms with Crippen molar-refractivity contribution in [1.82, 2.24) is 29.9 Å². The molecule has 2 aromatic heterocycles. The van der Waals surface area contributed by atoms with E-state index in [2.05, 4.69) is 45.9 Å². The van der Waals surface area contributed by atoms with Gasteiger partial charge in [-0.2, -0.15) is 4.98 Å². The van der Waals surface area contributed by atoms with Gasteiger partial charge in [-0.1, -0.05) is 31.1 Å². The number of likely N-dealkylation sites (tertiary alicyclic amines) is 2. The summed E-state index contributed by atoms with van der Waals surface area (Å²) >= 11 is 0. The Bertz CT molecular complexity index is 1060. The normalized spacial score (nSPS) is 21.2. The predicted octanol–water partition coefficient (Wildman–Crippen LogP) is 3.69. The van der Waals surface area contributed by atoms with Crippen LogP contribution in [0.4, 0.5) is 0 Å². The first-order chi connectivity index (χ1) is 15.4. The van der Waals surface area contributed by atoms with E-state index in [9.17, 15) is 4.79 Å². The smallest absolute Gasteiger partial charge is 0.229 e. The monoisotopic (exact) mass is 436 g/mol. The van der Waals surface area contributed by atoms with Crippen molar-refractivity contribution < 1.29 is 9.32 Å². The molecular formula is C24H32N6O2. The molecule has 4 heterocycles. The third kappa shape index (κ3) is 4.03. The summed E-state index contributed by atoms with van der Waals surface area (Å²) in [4.78, 5) is 29.8. The van der Waals surface area contributed by atoms with Crippen LogP contribution in [0.25, 0.3) is 11.0 Å². The lowest BCUT2D eigenvalue weighted by Crippen LogP contribution is -2.44. The number of rotatable bonds is 5. The second-order valence-electron chi connectivity index (χ2n) is 9.86. The molecule has 170 valence electrons. The number of nitrogens with one attached hydrogen (secondary N) is 1. The molecule has 2 aliphatic rings. The first kappa shape index (κ1) is 21.1. The van der Waals surface area contributed by atoms with Crippen LogP contribution in [0, 0.1) is 5.41 Å². The third-order valence-electron chi connectivity index (χ3n) is 7.18. The molecule has 32 heavy (non-hydrogen) atoms. The van der Waals surface area contributed by atoms with Gasteiger partial charge < -0.3 is 14.4 Å². The van der Waals surface area contributed by atoms with Crippen molar-refractivity contribution in [2.45, 2.75) is 57.9 Å². The molecule has 8 nitrogen and oxygen atoms in total. The molecule has 0 radical (unpaired) electrons. The SMILES string of the molecule is CC(C)c1nc(C2CC3(CCN(C(=O)CCc4nc5ccccc5[nH]4)CC3)CN2C)no1. The number of carbonyl (C=O) groups excluding carboxylic acids is 1. The minimum absolute atomic E-state index is 0.196. The lowest BCUT2D eigenvalue weighted by molar-refractivity contribution is -0.133. The van der Waals surface area contributed by atoms with Gasteiger partial charge in [0.15, 0.2) is 5.82 Å². The number of aromatic amines is 1. The number of carbonyl (C=O) groups is 1. The Morgan fingerprint density at radius 1 is 1.25 bits per heavy atom. The van der Waals surface area contributed by atoms with Crippen LogP contribution in [0.1, 0.15) is 69.0 Å². The molecule has 2 saturated heterocycles. The number of benzene rings is 1. The number of aromatic nitrogens is 4.